The number of nitro groups is 1. The molecule has 0 amide bonds. The van der Waals surface area contributed by atoms with E-state index in [0.717, 1.165) is 25.9 Å². The van der Waals surface area contributed by atoms with Crippen molar-refractivity contribution in [3.8, 4) is 11.1 Å². The normalized spacial score (nSPS) is 16.0. The second kappa shape index (κ2) is 5.53. The third kappa shape index (κ3) is 2.59. The maximum atomic E-state index is 12.0. The Bertz CT molecular complexity index is 713. The molecule has 1 aromatic carbocycles. The second-order valence-corrected chi connectivity index (χ2v) is 5.10. The lowest BCUT2D eigenvalue weighted by molar-refractivity contribution is -0.384. The maximum Gasteiger partial charge on any atom is 0.288 e. The van der Waals surface area contributed by atoms with Gasteiger partial charge in [0.1, 0.15) is 5.76 Å². The average molecular weight is 289 g/mol. The highest BCUT2D eigenvalue weighted by Gasteiger charge is 2.25. The number of nitrogens with one attached hydrogen (secondary N) is 2. The molecule has 1 aromatic heterocycles. The summed E-state index contributed by atoms with van der Waals surface area (Å²) in [5.41, 5.74) is 0.548. The summed E-state index contributed by atoms with van der Waals surface area (Å²) < 4.78 is 5.35. The van der Waals surface area contributed by atoms with Gasteiger partial charge < -0.3 is 9.84 Å². The Hall–Kier alpha value is -2.41. The predicted molar refractivity (Wildman–Crippen MR) is 76.3 cm³/mol. The van der Waals surface area contributed by atoms with Crippen molar-refractivity contribution in [2.24, 2.45) is 0 Å². The number of rotatable bonds is 3. The van der Waals surface area contributed by atoms with Crippen molar-refractivity contribution in [3.63, 3.8) is 0 Å². The fraction of sp³-hybridized carbons (Fsp3) is 0.357. The monoisotopic (exact) mass is 289 g/mol. The van der Waals surface area contributed by atoms with Crippen molar-refractivity contribution < 1.29 is 9.45 Å². The van der Waals surface area contributed by atoms with Crippen molar-refractivity contribution in [1.29, 1.82) is 0 Å². The standard InChI is InChI=1S/C14H15N3O4/c18-14-12(10-2-1-3-11(8-10)17(19)20)13(21-16-14)9-4-6-15-7-5-9/h1-3,8-9,15H,4-7H2,(H,16,18). The smallest absolute Gasteiger partial charge is 0.288 e. The van der Waals surface area contributed by atoms with E-state index in [1.807, 2.05) is 0 Å². The molecule has 0 radical (unpaired) electrons. The van der Waals surface area contributed by atoms with Crippen LogP contribution in [-0.2, 0) is 0 Å². The Morgan fingerprint density at radius 2 is 2.05 bits per heavy atom. The van der Waals surface area contributed by atoms with Crippen LogP contribution < -0.4 is 10.9 Å². The summed E-state index contributed by atoms with van der Waals surface area (Å²) in [6, 6.07) is 6.08. The Balaban J connectivity index is 2.05. The van der Waals surface area contributed by atoms with Gasteiger partial charge in [0.2, 0.25) is 0 Å². The van der Waals surface area contributed by atoms with Crippen LogP contribution in [0.2, 0.25) is 0 Å². The van der Waals surface area contributed by atoms with Crippen molar-refractivity contribution in [2.75, 3.05) is 13.1 Å². The highest BCUT2D eigenvalue weighted by molar-refractivity contribution is 5.67. The van der Waals surface area contributed by atoms with Gasteiger partial charge in [-0.1, -0.05) is 12.1 Å². The maximum absolute atomic E-state index is 12.0. The molecule has 1 saturated heterocycles. The van der Waals surface area contributed by atoms with Crippen LogP contribution in [0.4, 0.5) is 5.69 Å². The van der Waals surface area contributed by atoms with Crippen LogP contribution in [0.3, 0.4) is 0 Å². The number of benzene rings is 1. The van der Waals surface area contributed by atoms with E-state index in [1.165, 1.54) is 12.1 Å². The zero-order chi connectivity index (χ0) is 14.8. The number of piperidine rings is 1. The van der Waals surface area contributed by atoms with Gasteiger partial charge in [-0.3, -0.25) is 14.9 Å². The first-order valence-corrected chi connectivity index (χ1v) is 6.83. The fourth-order valence-electron chi connectivity index (χ4n) is 2.74. The minimum Gasteiger partial charge on any atom is -0.383 e. The summed E-state index contributed by atoms with van der Waals surface area (Å²) in [6.45, 7) is 1.74. The minimum absolute atomic E-state index is 0.0376. The van der Waals surface area contributed by atoms with Gasteiger partial charge in [-0.15, -0.1) is 0 Å². The number of hydrogen-bond donors (Lipinski definition) is 2. The molecule has 21 heavy (non-hydrogen) atoms. The fourth-order valence-corrected chi connectivity index (χ4v) is 2.74. The quantitative estimate of drug-likeness (QED) is 0.665. The van der Waals surface area contributed by atoms with E-state index in [-0.39, 0.29) is 17.2 Å². The van der Waals surface area contributed by atoms with E-state index in [1.54, 1.807) is 12.1 Å². The molecule has 3 rings (SSSR count). The minimum atomic E-state index is -0.470. The third-order valence-electron chi connectivity index (χ3n) is 3.78. The lowest BCUT2D eigenvalue weighted by atomic mass is 9.91. The molecule has 2 N–H and O–H groups in total. The summed E-state index contributed by atoms with van der Waals surface area (Å²) in [5, 5.41) is 16.5. The largest absolute Gasteiger partial charge is 0.383 e. The molecule has 0 saturated carbocycles. The van der Waals surface area contributed by atoms with Crippen molar-refractivity contribution >= 4 is 5.69 Å². The molecule has 0 aliphatic carbocycles. The highest BCUT2D eigenvalue weighted by atomic mass is 16.6. The van der Waals surface area contributed by atoms with E-state index in [0.29, 0.717) is 16.9 Å². The number of nitro benzene ring substituents is 1. The Morgan fingerprint density at radius 3 is 2.76 bits per heavy atom. The number of non-ortho nitro benzene ring substituents is 1. The van der Waals surface area contributed by atoms with Crippen LogP contribution in [0.25, 0.3) is 11.1 Å². The molecule has 7 heteroatoms. The van der Waals surface area contributed by atoms with Crippen molar-refractivity contribution in [3.05, 3.63) is 50.5 Å². The number of nitrogens with zero attached hydrogens (tertiary/aromatic N) is 1. The molecule has 1 aliphatic heterocycles. The molecule has 0 spiro atoms. The Kier molecular flexibility index (Phi) is 3.57. The number of aromatic nitrogens is 1. The topological polar surface area (TPSA) is 101 Å². The van der Waals surface area contributed by atoms with Gasteiger partial charge in [0, 0.05) is 18.1 Å². The summed E-state index contributed by atoms with van der Waals surface area (Å²) in [5.74, 6) is 0.751. The zero-order valence-corrected chi connectivity index (χ0v) is 11.3. The molecule has 1 aliphatic rings. The van der Waals surface area contributed by atoms with Gasteiger partial charge in [-0.05, 0) is 31.5 Å². The molecule has 2 heterocycles. The van der Waals surface area contributed by atoms with E-state index in [9.17, 15) is 14.9 Å². The molecular weight excluding hydrogens is 274 g/mol. The van der Waals surface area contributed by atoms with Gasteiger partial charge >= 0.3 is 0 Å². The summed E-state index contributed by atoms with van der Waals surface area (Å²) in [4.78, 5) is 22.4. The lowest BCUT2D eigenvalue weighted by Crippen LogP contribution is -2.26. The molecule has 7 nitrogen and oxygen atoms in total. The van der Waals surface area contributed by atoms with E-state index >= 15 is 0 Å². The SMILES string of the molecule is O=c1[nH]oc(C2CCNCC2)c1-c1cccc([N+](=O)[O-])c1. The van der Waals surface area contributed by atoms with Gasteiger partial charge in [0.05, 0.1) is 10.5 Å². The number of H-pyrrole nitrogens is 1. The molecule has 0 unspecified atom stereocenters. The molecular formula is C14H15N3O4. The van der Waals surface area contributed by atoms with Crippen molar-refractivity contribution in [1.82, 2.24) is 10.5 Å². The molecule has 2 aromatic rings. The van der Waals surface area contributed by atoms with E-state index in [4.69, 9.17) is 4.52 Å². The van der Waals surface area contributed by atoms with Crippen LogP contribution in [-0.4, -0.2) is 23.2 Å². The number of hydrogen-bond acceptors (Lipinski definition) is 5. The molecule has 0 atom stereocenters. The summed E-state index contributed by atoms with van der Waals surface area (Å²) in [6.07, 6.45) is 1.76. The van der Waals surface area contributed by atoms with Gasteiger partial charge in [-0.2, -0.15) is 5.16 Å². The first-order valence-electron chi connectivity index (χ1n) is 6.83. The van der Waals surface area contributed by atoms with E-state index in [2.05, 4.69) is 10.5 Å². The zero-order valence-electron chi connectivity index (χ0n) is 11.3. The van der Waals surface area contributed by atoms with Crippen LogP contribution in [0.5, 0.6) is 0 Å². The van der Waals surface area contributed by atoms with E-state index < -0.39 is 4.92 Å². The Morgan fingerprint density at radius 1 is 1.29 bits per heavy atom. The first kappa shape index (κ1) is 13.6. The molecule has 110 valence electrons. The van der Waals surface area contributed by atoms with Crippen molar-refractivity contribution in [2.45, 2.75) is 18.8 Å². The second-order valence-electron chi connectivity index (χ2n) is 5.10. The van der Waals surface area contributed by atoms with Crippen LogP contribution in [0, 0.1) is 10.1 Å². The predicted octanol–water partition coefficient (Wildman–Crippen LogP) is 2.01. The van der Waals surface area contributed by atoms with Gasteiger partial charge in [0.25, 0.3) is 11.2 Å². The summed E-state index contributed by atoms with van der Waals surface area (Å²) in [7, 11) is 0. The van der Waals surface area contributed by atoms with Crippen LogP contribution in [0.15, 0.2) is 33.6 Å². The lowest BCUT2D eigenvalue weighted by Gasteiger charge is -2.20. The van der Waals surface area contributed by atoms with Gasteiger partial charge in [0.15, 0.2) is 0 Å². The van der Waals surface area contributed by atoms with Gasteiger partial charge in [-0.25, -0.2) is 0 Å². The third-order valence-corrected chi connectivity index (χ3v) is 3.78. The Labute approximate surface area is 120 Å². The molecule has 0 bridgehead atoms. The first-order chi connectivity index (χ1) is 10.2. The van der Waals surface area contributed by atoms with Crippen LogP contribution in [0.1, 0.15) is 24.5 Å². The van der Waals surface area contributed by atoms with Crippen LogP contribution >= 0.6 is 0 Å². The highest BCUT2D eigenvalue weighted by Crippen LogP contribution is 2.32. The molecule has 1 fully saturated rings. The average Bonchev–Trinajstić information content (AvgIpc) is 2.90. The number of aromatic amines is 1. The summed E-state index contributed by atoms with van der Waals surface area (Å²) >= 11 is 0.